The summed E-state index contributed by atoms with van der Waals surface area (Å²) in [4.78, 5) is 24.3. The second-order valence-electron chi connectivity index (χ2n) is 6.85. The van der Waals surface area contributed by atoms with Crippen molar-refractivity contribution in [3.05, 3.63) is 53.6 Å². The van der Waals surface area contributed by atoms with E-state index < -0.39 is 17.6 Å². The highest BCUT2D eigenvalue weighted by atomic mass is 19.4. The van der Waals surface area contributed by atoms with Gasteiger partial charge in [0, 0.05) is 17.2 Å². The quantitative estimate of drug-likeness (QED) is 0.673. The van der Waals surface area contributed by atoms with Crippen LogP contribution in [0, 0.1) is 5.92 Å². The molecule has 0 saturated heterocycles. The van der Waals surface area contributed by atoms with Crippen molar-refractivity contribution >= 4 is 23.2 Å². The highest BCUT2D eigenvalue weighted by Gasteiger charge is 2.31. The lowest BCUT2D eigenvalue weighted by atomic mass is 10.1. The van der Waals surface area contributed by atoms with Crippen molar-refractivity contribution in [2.45, 2.75) is 32.4 Å². The lowest BCUT2D eigenvalue weighted by Crippen LogP contribution is -2.15. The summed E-state index contributed by atoms with van der Waals surface area (Å²) in [6.07, 6.45) is -2.11. The van der Waals surface area contributed by atoms with E-state index >= 15 is 0 Å². The summed E-state index contributed by atoms with van der Waals surface area (Å²) in [5, 5.41) is 5.25. The Morgan fingerprint density at radius 3 is 2.34 bits per heavy atom. The number of amides is 2. The largest absolute Gasteiger partial charge is 0.491 e. The molecule has 0 spiro atoms. The molecule has 8 heteroatoms. The van der Waals surface area contributed by atoms with Crippen LogP contribution in [-0.4, -0.2) is 18.4 Å². The fourth-order valence-electron chi connectivity index (χ4n) is 2.63. The van der Waals surface area contributed by atoms with Gasteiger partial charge in [0.1, 0.15) is 5.75 Å². The van der Waals surface area contributed by atoms with Crippen molar-refractivity contribution in [3.63, 3.8) is 0 Å². The highest BCUT2D eigenvalue weighted by Crippen LogP contribution is 2.35. The monoisotopic (exact) mass is 406 g/mol. The van der Waals surface area contributed by atoms with Crippen molar-refractivity contribution in [2.75, 3.05) is 17.2 Å². The number of ether oxygens (including phenoxy) is 1. The maximum absolute atomic E-state index is 13.0. The Morgan fingerprint density at radius 2 is 1.76 bits per heavy atom. The number of carbonyl (C=O) groups is 2. The first-order valence-corrected chi connectivity index (χ1v) is 9.34. The summed E-state index contributed by atoms with van der Waals surface area (Å²) in [6, 6.07) is 9.12. The smallest absolute Gasteiger partial charge is 0.416 e. The van der Waals surface area contributed by atoms with Crippen LogP contribution in [-0.2, 0) is 11.0 Å². The van der Waals surface area contributed by atoms with Crippen molar-refractivity contribution in [2.24, 2.45) is 5.92 Å². The van der Waals surface area contributed by atoms with Crippen LogP contribution in [0.25, 0.3) is 0 Å². The van der Waals surface area contributed by atoms with Crippen molar-refractivity contribution in [3.8, 4) is 5.75 Å². The Labute approximate surface area is 166 Å². The van der Waals surface area contributed by atoms with Crippen LogP contribution < -0.4 is 15.4 Å². The van der Waals surface area contributed by atoms with Crippen LogP contribution in [0.5, 0.6) is 5.75 Å². The minimum Gasteiger partial charge on any atom is -0.491 e. The molecule has 154 valence electrons. The molecule has 2 amide bonds. The molecule has 0 aliphatic heterocycles. The Morgan fingerprint density at radius 1 is 1.07 bits per heavy atom. The maximum atomic E-state index is 13.0. The normalized spacial score (nSPS) is 13.7. The van der Waals surface area contributed by atoms with Gasteiger partial charge in [-0.05, 0) is 61.7 Å². The third kappa shape index (κ3) is 5.49. The van der Waals surface area contributed by atoms with Crippen LogP contribution in [0.4, 0.5) is 24.5 Å². The van der Waals surface area contributed by atoms with Crippen LogP contribution >= 0.6 is 0 Å². The average molecular weight is 406 g/mol. The third-order valence-corrected chi connectivity index (χ3v) is 4.38. The van der Waals surface area contributed by atoms with E-state index in [1.807, 2.05) is 6.92 Å². The molecule has 29 heavy (non-hydrogen) atoms. The molecule has 2 N–H and O–H groups in total. The zero-order valence-corrected chi connectivity index (χ0v) is 15.8. The zero-order chi connectivity index (χ0) is 21.0. The van der Waals surface area contributed by atoms with Gasteiger partial charge in [-0.2, -0.15) is 13.2 Å². The highest BCUT2D eigenvalue weighted by molar-refractivity contribution is 6.05. The molecule has 1 fully saturated rings. The van der Waals surface area contributed by atoms with Gasteiger partial charge in [-0.15, -0.1) is 0 Å². The van der Waals surface area contributed by atoms with Crippen molar-refractivity contribution in [1.29, 1.82) is 0 Å². The number of hydrogen-bond donors (Lipinski definition) is 2. The average Bonchev–Trinajstić information content (AvgIpc) is 3.52. The second kappa shape index (κ2) is 8.55. The molecule has 2 aromatic rings. The summed E-state index contributed by atoms with van der Waals surface area (Å²) in [6.45, 7) is 2.18. The number of nitrogens with one attached hydrogen (secondary N) is 2. The fraction of sp³-hybridized carbons (Fsp3) is 0.333. The number of rotatable bonds is 7. The van der Waals surface area contributed by atoms with Gasteiger partial charge in [0.15, 0.2) is 0 Å². The van der Waals surface area contributed by atoms with Crippen LogP contribution in [0.1, 0.15) is 42.1 Å². The summed E-state index contributed by atoms with van der Waals surface area (Å²) >= 11 is 0. The molecule has 2 aromatic carbocycles. The van der Waals surface area contributed by atoms with Crippen molar-refractivity contribution in [1.82, 2.24) is 0 Å². The van der Waals surface area contributed by atoms with Gasteiger partial charge in [0.05, 0.1) is 17.9 Å². The predicted octanol–water partition coefficient (Wildman–Crippen LogP) is 5.10. The van der Waals surface area contributed by atoms with E-state index in [2.05, 4.69) is 10.6 Å². The number of alkyl halides is 3. The standard InChI is InChI=1S/C21H21F3N2O3/c1-2-11-29-18-10-7-15(21(22,23)24)12-17(18)26-20(28)14-5-8-16(9-6-14)25-19(27)13-3-4-13/h5-10,12-13H,2-4,11H2,1H3,(H,25,27)(H,26,28). The van der Waals surface area contributed by atoms with Gasteiger partial charge in [-0.25, -0.2) is 0 Å². The molecule has 1 aliphatic rings. The van der Waals surface area contributed by atoms with Gasteiger partial charge in [-0.3, -0.25) is 9.59 Å². The van der Waals surface area contributed by atoms with Gasteiger partial charge < -0.3 is 15.4 Å². The van der Waals surface area contributed by atoms with Crippen LogP contribution in [0.2, 0.25) is 0 Å². The number of halogens is 3. The van der Waals surface area contributed by atoms with Gasteiger partial charge in [-0.1, -0.05) is 6.92 Å². The minimum atomic E-state index is -4.54. The summed E-state index contributed by atoms with van der Waals surface area (Å²) in [5.74, 6) is -0.406. The number of carbonyl (C=O) groups excluding carboxylic acids is 2. The van der Waals surface area contributed by atoms with Gasteiger partial charge in [0.25, 0.3) is 5.91 Å². The molecule has 1 saturated carbocycles. The third-order valence-electron chi connectivity index (χ3n) is 4.38. The molecule has 0 heterocycles. The van der Waals surface area contributed by atoms with Gasteiger partial charge in [0.2, 0.25) is 5.91 Å². The molecule has 0 atom stereocenters. The SMILES string of the molecule is CCCOc1ccc(C(F)(F)F)cc1NC(=O)c1ccc(NC(=O)C2CC2)cc1. The molecule has 0 unspecified atom stereocenters. The predicted molar refractivity (Wildman–Crippen MR) is 103 cm³/mol. The lowest BCUT2D eigenvalue weighted by Gasteiger charge is -2.15. The second-order valence-corrected chi connectivity index (χ2v) is 6.85. The summed E-state index contributed by atoms with van der Waals surface area (Å²) < 4.78 is 44.6. The van der Waals surface area contributed by atoms with Crippen LogP contribution in [0.3, 0.4) is 0 Å². The molecule has 0 radical (unpaired) electrons. The Kier molecular flexibility index (Phi) is 6.10. The Bertz CT molecular complexity index is 891. The number of anilines is 2. The van der Waals surface area contributed by atoms with Crippen molar-refractivity contribution < 1.29 is 27.5 Å². The first-order chi connectivity index (χ1) is 13.8. The first-order valence-electron chi connectivity index (χ1n) is 9.34. The molecule has 5 nitrogen and oxygen atoms in total. The summed E-state index contributed by atoms with van der Waals surface area (Å²) in [5.41, 5.74) is -0.128. The van der Waals surface area contributed by atoms with E-state index in [4.69, 9.17) is 4.74 Å². The van der Waals surface area contributed by atoms with E-state index in [0.717, 1.165) is 25.0 Å². The topological polar surface area (TPSA) is 67.4 Å². The molecule has 0 bridgehead atoms. The Balaban J connectivity index is 1.74. The first kappa shape index (κ1) is 20.7. The molecular weight excluding hydrogens is 385 g/mol. The number of hydrogen-bond acceptors (Lipinski definition) is 3. The molecular formula is C21H21F3N2O3. The zero-order valence-electron chi connectivity index (χ0n) is 15.8. The molecule has 1 aliphatic carbocycles. The summed E-state index contributed by atoms with van der Waals surface area (Å²) in [7, 11) is 0. The fourth-order valence-corrected chi connectivity index (χ4v) is 2.63. The van der Waals surface area contributed by atoms with E-state index in [-0.39, 0.29) is 28.8 Å². The van der Waals surface area contributed by atoms with Gasteiger partial charge >= 0.3 is 6.18 Å². The lowest BCUT2D eigenvalue weighted by molar-refractivity contribution is -0.137. The van der Waals surface area contributed by atoms with E-state index in [9.17, 15) is 22.8 Å². The van der Waals surface area contributed by atoms with E-state index in [1.165, 1.54) is 18.2 Å². The van der Waals surface area contributed by atoms with E-state index in [0.29, 0.717) is 18.7 Å². The van der Waals surface area contributed by atoms with E-state index in [1.54, 1.807) is 12.1 Å². The van der Waals surface area contributed by atoms with Crippen LogP contribution in [0.15, 0.2) is 42.5 Å². The minimum absolute atomic E-state index is 0.0515. The molecule has 0 aromatic heterocycles. The maximum Gasteiger partial charge on any atom is 0.416 e. The number of benzene rings is 2. The molecule has 3 rings (SSSR count). The Hall–Kier alpha value is -3.03.